The fourth-order valence-corrected chi connectivity index (χ4v) is 2.45. The van der Waals surface area contributed by atoms with Gasteiger partial charge in [-0.2, -0.15) is 5.10 Å². The molecule has 0 aliphatic rings. The van der Waals surface area contributed by atoms with Crippen LogP contribution in [0.1, 0.15) is 43.8 Å². The van der Waals surface area contributed by atoms with Gasteiger partial charge >= 0.3 is 0 Å². The summed E-state index contributed by atoms with van der Waals surface area (Å²) in [5.41, 5.74) is 3.69. The van der Waals surface area contributed by atoms with E-state index in [2.05, 4.69) is 49.7 Å². The van der Waals surface area contributed by atoms with Gasteiger partial charge in [0.2, 0.25) is 0 Å². The van der Waals surface area contributed by atoms with E-state index in [0.717, 1.165) is 18.8 Å². The van der Waals surface area contributed by atoms with E-state index in [4.69, 9.17) is 4.74 Å². The predicted octanol–water partition coefficient (Wildman–Crippen LogP) is 2.21. The first-order valence-corrected chi connectivity index (χ1v) is 6.30. The number of nitrogens with zero attached hydrogens (tertiary/aromatic N) is 2. The summed E-state index contributed by atoms with van der Waals surface area (Å²) in [6, 6.07) is 0.652. The fourth-order valence-electron chi connectivity index (χ4n) is 2.45. The van der Waals surface area contributed by atoms with E-state index in [1.807, 2.05) is 0 Å². The van der Waals surface area contributed by atoms with Gasteiger partial charge in [0.15, 0.2) is 0 Å². The molecule has 17 heavy (non-hydrogen) atoms. The van der Waals surface area contributed by atoms with Gasteiger partial charge in [-0.05, 0) is 34.6 Å². The predicted molar refractivity (Wildman–Crippen MR) is 70.3 cm³/mol. The molecule has 0 fully saturated rings. The van der Waals surface area contributed by atoms with Gasteiger partial charge in [-0.15, -0.1) is 0 Å². The van der Waals surface area contributed by atoms with Crippen molar-refractivity contribution in [3.8, 4) is 0 Å². The average molecular weight is 239 g/mol. The van der Waals surface area contributed by atoms with Crippen LogP contribution in [0.3, 0.4) is 0 Å². The molecule has 1 aromatic heterocycles. The minimum atomic E-state index is 0.306. The summed E-state index contributed by atoms with van der Waals surface area (Å²) in [6.07, 6.45) is 0. The van der Waals surface area contributed by atoms with E-state index in [-0.39, 0.29) is 0 Å². The first kappa shape index (κ1) is 14.2. The van der Waals surface area contributed by atoms with Crippen molar-refractivity contribution in [2.24, 2.45) is 0 Å². The maximum atomic E-state index is 5.14. The maximum Gasteiger partial charge on any atom is 0.0644 e. The van der Waals surface area contributed by atoms with Crippen LogP contribution in [0.25, 0.3) is 0 Å². The highest BCUT2D eigenvalue weighted by Gasteiger charge is 2.18. The van der Waals surface area contributed by atoms with Gasteiger partial charge in [0.25, 0.3) is 0 Å². The summed E-state index contributed by atoms with van der Waals surface area (Å²) in [5, 5.41) is 8.09. The van der Waals surface area contributed by atoms with Crippen LogP contribution < -0.4 is 5.32 Å². The Kier molecular flexibility index (Phi) is 5.15. The van der Waals surface area contributed by atoms with E-state index in [1.165, 1.54) is 11.3 Å². The zero-order chi connectivity index (χ0) is 13.0. The molecule has 1 aromatic rings. The van der Waals surface area contributed by atoms with Crippen molar-refractivity contribution < 1.29 is 4.74 Å². The largest absolute Gasteiger partial charge is 0.383 e. The Hall–Kier alpha value is -0.870. The summed E-state index contributed by atoms with van der Waals surface area (Å²) in [4.78, 5) is 0. The van der Waals surface area contributed by atoms with Crippen LogP contribution in [-0.4, -0.2) is 29.5 Å². The Morgan fingerprint density at radius 1 is 1.35 bits per heavy atom. The van der Waals surface area contributed by atoms with Gasteiger partial charge in [0.1, 0.15) is 0 Å². The third-order valence-electron chi connectivity index (χ3n) is 3.12. The van der Waals surface area contributed by atoms with Gasteiger partial charge in [-0.1, -0.05) is 0 Å². The van der Waals surface area contributed by atoms with Gasteiger partial charge in [0.05, 0.1) is 12.3 Å². The van der Waals surface area contributed by atoms with Crippen LogP contribution >= 0.6 is 0 Å². The van der Waals surface area contributed by atoms with Crippen LogP contribution in [-0.2, 0) is 11.3 Å². The fraction of sp³-hybridized carbons (Fsp3) is 0.769. The lowest BCUT2D eigenvalue weighted by molar-refractivity contribution is 0.167. The van der Waals surface area contributed by atoms with Crippen LogP contribution in [0.2, 0.25) is 0 Å². The number of hydrogen-bond acceptors (Lipinski definition) is 3. The maximum absolute atomic E-state index is 5.14. The molecule has 1 N–H and O–H groups in total. The standard InChI is InChI=1S/C13H25N3O/c1-7-16-12(5)13(11(4)15-16)10(3)14-9(2)8-17-6/h9-10,14H,7-8H2,1-6H3. The summed E-state index contributed by atoms with van der Waals surface area (Å²) in [7, 11) is 1.73. The number of methoxy groups -OCH3 is 1. The smallest absolute Gasteiger partial charge is 0.0644 e. The molecule has 2 unspecified atom stereocenters. The number of rotatable bonds is 6. The van der Waals surface area contributed by atoms with Crippen LogP contribution in [0.4, 0.5) is 0 Å². The van der Waals surface area contributed by atoms with Crippen molar-refractivity contribution in [1.82, 2.24) is 15.1 Å². The number of ether oxygens (including phenoxy) is 1. The first-order valence-electron chi connectivity index (χ1n) is 6.30. The van der Waals surface area contributed by atoms with E-state index in [1.54, 1.807) is 7.11 Å². The second-order valence-corrected chi connectivity index (χ2v) is 4.65. The monoisotopic (exact) mass is 239 g/mol. The molecule has 0 saturated heterocycles. The first-order chi connectivity index (χ1) is 8.01. The summed E-state index contributed by atoms with van der Waals surface area (Å²) in [6.45, 7) is 12.3. The highest BCUT2D eigenvalue weighted by molar-refractivity contribution is 5.27. The zero-order valence-electron chi connectivity index (χ0n) is 11.9. The van der Waals surface area contributed by atoms with Crippen molar-refractivity contribution in [1.29, 1.82) is 0 Å². The molecule has 0 radical (unpaired) electrons. The SMILES string of the molecule is CCn1nc(C)c(C(C)NC(C)COC)c1C. The molecular formula is C13H25N3O. The summed E-state index contributed by atoms with van der Waals surface area (Å²) >= 11 is 0. The molecule has 4 nitrogen and oxygen atoms in total. The lowest BCUT2D eigenvalue weighted by Gasteiger charge is -2.20. The van der Waals surface area contributed by atoms with Crippen molar-refractivity contribution in [2.75, 3.05) is 13.7 Å². The Balaban J connectivity index is 2.81. The molecule has 4 heteroatoms. The Morgan fingerprint density at radius 2 is 2.00 bits per heavy atom. The highest BCUT2D eigenvalue weighted by Crippen LogP contribution is 2.21. The van der Waals surface area contributed by atoms with Crippen molar-refractivity contribution in [3.63, 3.8) is 0 Å². The molecule has 2 atom stereocenters. The number of aryl methyl sites for hydroxylation is 2. The Bertz CT molecular complexity index is 360. The van der Waals surface area contributed by atoms with Crippen LogP contribution in [0, 0.1) is 13.8 Å². The molecule has 1 rings (SSSR count). The number of nitrogens with one attached hydrogen (secondary N) is 1. The topological polar surface area (TPSA) is 39.1 Å². The van der Waals surface area contributed by atoms with Crippen molar-refractivity contribution >= 4 is 0 Å². The molecule has 0 saturated carbocycles. The molecule has 0 bridgehead atoms. The lowest BCUT2D eigenvalue weighted by atomic mass is 10.1. The van der Waals surface area contributed by atoms with Crippen molar-refractivity contribution in [3.05, 3.63) is 17.0 Å². The quantitative estimate of drug-likeness (QED) is 0.827. The Morgan fingerprint density at radius 3 is 2.47 bits per heavy atom. The Labute approximate surface area is 104 Å². The van der Waals surface area contributed by atoms with Gasteiger partial charge in [-0.3, -0.25) is 4.68 Å². The van der Waals surface area contributed by atoms with Crippen molar-refractivity contribution in [2.45, 2.75) is 53.2 Å². The molecule has 1 heterocycles. The third-order valence-corrected chi connectivity index (χ3v) is 3.12. The third kappa shape index (κ3) is 3.30. The normalized spacial score (nSPS) is 14.9. The molecule has 98 valence electrons. The molecule has 0 aromatic carbocycles. The van der Waals surface area contributed by atoms with E-state index < -0.39 is 0 Å². The van der Waals surface area contributed by atoms with Gasteiger partial charge in [0, 0.05) is 37.0 Å². The zero-order valence-corrected chi connectivity index (χ0v) is 11.9. The minimum absolute atomic E-state index is 0.306. The number of hydrogen-bond donors (Lipinski definition) is 1. The minimum Gasteiger partial charge on any atom is -0.383 e. The van der Waals surface area contributed by atoms with Crippen LogP contribution in [0.5, 0.6) is 0 Å². The lowest BCUT2D eigenvalue weighted by Crippen LogP contribution is -2.32. The second kappa shape index (κ2) is 6.17. The van der Waals surface area contributed by atoms with E-state index >= 15 is 0 Å². The van der Waals surface area contributed by atoms with Crippen LogP contribution in [0.15, 0.2) is 0 Å². The van der Waals surface area contributed by atoms with Gasteiger partial charge < -0.3 is 10.1 Å². The van der Waals surface area contributed by atoms with E-state index in [0.29, 0.717) is 12.1 Å². The van der Waals surface area contributed by atoms with E-state index in [9.17, 15) is 0 Å². The molecular weight excluding hydrogens is 214 g/mol. The van der Waals surface area contributed by atoms with Gasteiger partial charge in [-0.25, -0.2) is 0 Å². The summed E-state index contributed by atoms with van der Waals surface area (Å²) < 4.78 is 7.20. The molecule has 0 aliphatic heterocycles. The molecule has 0 aliphatic carbocycles. The average Bonchev–Trinajstić information content (AvgIpc) is 2.53. The number of aromatic nitrogens is 2. The second-order valence-electron chi connectivity index (χ2n) is 4.65. The molecule has 0 amide bonds. The highest BCUT2D eigenvalue weighted by atomic mass is 16.5. The molecule has 0 spiro atoms. The summed E-state index contributed by atoms with van der Waals surface area (Å²) in [5.74, 6) is 0.